The van der Waals surface area contributed by atoms with Crippen molar-refractivity contribution in [2.24, 2.45) is 0 Å². The van der Waals surface area contributed by atoms with Crippen LogP contribution in [0.4, 0.5) is 10.1 Å². The molecule has 0 fully saturated rings. The first-order chi connectivity index (χ1) is 11.1. The minimum absolute atomic E-state index is 0.169. The molecule has 3 rings (SSSR count). The van der Waals surface area contributed by atoms with Gasteiger partial charge in [-0.15, -0.1) is 10.2 Å². The lowest BCUT2D eigenvalue weighted by Gasteiger charge is -2.06. The molecule has 23 heavy (non-hydrogen) atoms. The smallest absolute Gasteiger partial charge is 0.247 e. The van der Waals surface area contributed by atoms with E-state index in [0.29, 0.717) is 17.5 Å². The van der Waals surface area contributed by atoms with Crippen LogP contribution in [0.3, 0.4) is 0 Å². The van der Waals surface area contributed by atoms with Crippen LogP contribution in [-0.2, 0) is 11.2 Å². The summed E-state index contributed by atoms with van der Waals surface area (Å²) in [6.45, 7) is 1.72. The number of aromatic nitrogens is 2. The lowest BCUT2D eigenvalue weighted by molar-refractivity contribution is -0.115. The van der Waals surface area contributed by atoms with E-state index >= 15 is 0 Å². The van der Waals surface area contributed by atoms with E-state index in [1.54, 1.807) is 43.3 Å². The first kappa shape index (κ1) is 14.9. The zero-order chi connectivity index (χ0) is 16.2. The maximum Gasteiger partial charge on any atom is 0.247 e. The van der Waals surface area contributed by atoms with E-state index in [-0.39, 0.29) is 18.1 Å². The number of carbonyl (C=O) groups is 1. The molecule has 0 bridgehead atoms. The van der Waals surface area contributed by atoms with Gasteiger partial charge < -0.3 is 9.73 Å². The number of anilines is 1. The van der Waals surface area contributed by atoms with Gasteiger partial charge in [0.2, 0.25) is 17.7 Å². The van der Waals surface area contributed by atoms with Gasteiger partial charge in [0, 0.05) is 18.2 Å². The maximum atomic E-state index is 12.8. The summed E-state index contributed by atoms with van der Waals surface area (Å²) in [6, 6.07) is 13.0. The number of rotatable bonds is 4. The zero-order valence-electron chi connectivity index (χ0n) is 12.4. The molecular weight excluding hydrogens is 297 g/mol. The van der Waals surface area contributed by atoms with Gasteiger partial charge in [-0.25, -0.2) is 4.39 Å². The molecule has 0 atom stereocenters. The van der Waals surface area contributed by atoms with Crippen molar-refractivity contribution in [1.82, 2.24) is 10.2 Å². The fourth-order valence-corrected chi connectivity index (χ4v) is 2.10. The summed E-state index contributed by atoms with van der Waals surface area (Å²) in [7, 11) is 0. The van der Waals surface area contributed by atoms with Crippen molar-refractivity contribution in [3.05, 3.63) is 65.8 Å². The number of carbonyl (C=O) groups excluding carboxylic acids is 1. The lowest BCUT2D eigenvalue weighted by Crippen LogP contribution is -2.14. The molecule has 0 unspecified atom stereocenters. The predicted molar refractivity (Wildman–Crippen MR) is 83.2 cm³/mol. The van der Waals surface area contributed by atoms with Crippen LogP contribution < -0.4 is 5.32 Å². The Kier molecular flexibility index (Phi) is 4.14. The average molecular weight is 311 g/mol. The van der Waals surface area contributed by atoms with Crippen molar-refractivity contribution >= 4 is 11.6 Å². The highest BCUT2D eigenvalue weighted by Gasteiger charge is 2.07. The van der Waals surface area contributed by atoms with Gasteiger partial charge in [0.1, 0.15) is 5.82 Å². The Morgan fingerprint density at radius 2 is 1.78 bits per heavy atom. The number of halogens is 1. The molecule has 6 heteroatoms. The molecule has 1 N–H and O–H groups in total. The van der Waals surface area contributed by atoms with Gasteiger partial charge >= 0.3 is 0 Å². The van der Waals surface area contributed by atoms with Crippen molar-refractivity contribution in [3.8, 4) is 11.5 Å². The second-order valence-electron chi connectivity index (χ2n) is 5.06. The second-order valence-corrected chi connectivity index (χ2v) is 5.06. The molecule has 0 saturated carbocycles. The van der Waals surface area contributed by atoms with Crippen molar-refractivity contribution in [2.75, 3.05) is 5.32 Å². The summed E-state index contributed by atoms with van der Waals surface area (Å²) in [5, 5.41) is 10.5. The van der Waals surface area contributed by atoms with E-state index in [2.05, 4.69) is 15.5 Å². The molecule has 116 valence electrons. The Bertz CT molecular complexity index is 811. The minimum Gasteiger partial charge on any atom is -0.421 e. The van der Waals surface area contributed by atoms with E-state index in [1.165, 1.54) is 12.1 Å². The van der Waals surface area contributed by atoms with Crippen LogP contribution in [-0.4, -0.2) is 16.1 Å². The Morgan fingerprint density at radius 1 is 1.09 bits per heavy atom. The summed E-state index contributed by atoms with van der Waals surface area (Å²) < 4.78 is 18.2. The van der Waals surface area contributed by atoms with Crippen LogP contribution in [0.2, 0.25) is 0 Å². The fraction of sp³-hybridized carbons (Fsp3) is 0.118. The van der Waals surface area contributed by atoms with E-state index in [0.717, 1.165) is 11.1 Å². The first-order valence-corrected chi connectivity index (χ1v) is 7.05. The molecule has 1 heterocycles. The van der Waals surface area contributed by atoms with Crippen LogP contribution >= 0.6 is 0 Å². The molecule has 0 aliphatic rings. The van der Waals surface area contributed by atoms with Crippen LogP contribution in [0, 0.1) is 12.7 Å². The molecule has 0 aliphatic carbocycles. The number of benzene rings is 2. The molecular formula is C17H14FN3O2. The number of hydrogen-bond donors (Lipinski definition) is 1. The summed E-state index contributed by atoms with van der Waals surface area (Å²) in [5.74, 6) is 0.447. The van der Waals surface area contributed by atoms with Crippen molar-refractivity contribution in [1.29, 1.82) is 0 Å². The first-order valence-electron chi connectivity index (χ1n) is 7.05. The number of nitrogens with zero attached hydrogens (tertiary/aromatic N) is 2. The van der Waals surface area contributed by atoms with Crippen LogP contribution in [0.1, 0.15) is 11.5 Å². The Balaban J connectivity index is 1.63. The standard InChI is InChI=1S/C17H14FN3O2/c1-11-20-21-17(23-11)13-4-8-15(9-5-13)19-16(22)10-12-2-6-14(18)7-3-12/h2-9H,10H2,1H3,(H,19,22). The molecule has 0 spiro atoms. The van der Waals surface area contributed by atoms with Gasteiger partial charge in [0.15, 0.2) is 0 Å². The second kappa shape index (κ2) is 6.39. The number of amides is 1. The van der Waals surface area contributed by atoms with E-state index in [4.69, 9.17) is 4.42 Å². The molecule has 2 aromatic carbocycles. The van der Waals surface area contributed by atoms with E-state index in [1.807, 2.05) is 0 Å². The summed E-state index contributed by atoms with van der Waals surface area (Å²) in [5.41, 5.74) is 2.20. The number of nitrogens with one attached hydrogen (secondary N) is 1. The SMILES string of the molecule is Cc1nnc(-c2ccc(NC(=O)Cc3ccc(F)cc3)cc2)o1. The zero-order valence-corrected chi connectivity index (χ0v) is 12.4. The van der Waals surface area contributed by atoms with Crippen molar-refractivity contribution in [2.45, 2.75) is 13.3 Å². The molecule has 1 aromatic heterocycles. The summed E-state index contributed by atoms with van der Waals surface area (Å²) in [6.07, 6.45) is 0.185. The third-order valence-electron chi connectivity index (χ3n) is 3.22. The van der Waals surface area contributed by atoms with Gasteiger partial charge in [-0.3, -0.25) is 4.79 Å². The lowest BCUT2D eigenvalue weighted by atomic mass is 10.1. The summed E-state index contributed by atoms with van der Waals surface area (Å²) in [4.78, 5) is 12.0. The highest BCUT2D eigenvalue weighted by Crippen LogP contribution is 2.20. The molecule has 5 nitrogen and oxygen atoms in total. The highest BCUT2D eigenvalue weighted by atomic mass is 19.1. The third kappa shape index (κ3) is 3.79. The van der Waals surface area contributed by atoms with E-state index in [9.17, 15) is 9.18 Å². The quantitative estimate of drug-likeness (QED) is 0.802. The van der Waals surface area contributed by atoms with Gasteiger partial charge in [0.05, 0.1) is 6.42 Å². The van der Waals surface area contributed by atoms with Gasteiger partial charge in [-0.2, -0.15) is 0 Å². The highest BCUT2D eigenvalue weighted by molar-refractivity contribution is 5.92. The summed E-state index contributed by atoms with van der Waals surface area (Å²) >= 11 is 0. The molecule has 0 radical (unpaired) electrons. The largest absolute Gasteiger partial charge is 0.421 e. The Labute approximate surface area is 132 Å². The minimum atomic E-state index is -0.319. The van der Waals surface area contributed by atoms with Crippen LogP contribution in [0.25, 0.3) is 11.5 Å². The van der Waals surface area contributed by atoms with Crippen molar-refractivity contribution < 1.29 is 13.6 Å². The topological polar surface area (TPSA) is 68.0 Å². The number of aryl methyl sites for hydroxylation is 1. The van der Waals surface area contributed by atoms with Gasteiger partial charge in [-0.1, -0.05) is 12.1 Å². The van der Waals surface area contributed by atoms with Gasteiger partial charge in [-0.05, 0) is 42.0 Å². The fourth-order valence-electron chi connectivity index (χ4n) is 2.10. The molecule has 3 aromatic rings. The van der Waals surface area contributed by atoms with Gasteiger partial charge in [0.25, 0.3) is 0 Å². The molecule has 1 amide bonds. The molecule has 0 aliphatic heterocycles. The predicted octanol–water partition coefficient (Wildman–Crippen LogP) is 3.37. The maximum absolute atomic E-state index is 12.8. The Morgan fingerprint density at radius 3 is 2.39 bits per heavy atom. The third-order valence-corrected chi connectivity index (χ3v) is 3.22. The molecule has 0 saturated heterocycles. The normalized spacial score (nSPS) is 10.5. The average Bonchev–Trinajstić information content (AvgIpc) is 2.97. The van der Waals surface area contributed by atoms with Crippen molar-refractivity contribution in [3.63, 3.8) is 0 Å². The van der Waals surface area contributed by atoms with E-state index < -0.39 is 0 Å². The number of hydrogen-bond acceptors (Lipinski definition) is 4. The van der Waals surface area contributed by atoms with Crippen LogP contribution in [0.15, 0.2) is 52.9 Å². The van der Waals surface area contributed by atoms with Crippen LogP contribution in [0.5, 0.6) is 0 Å². The Hall–Kier alpha value is -3.02. The monoisotopic (exact) mass is 311 g/mol.